The summed E-state index contributed by atoms with van der Waals surface area (Å²) in [6, 6.07) is 3.66. The molecule has 1 fully saturated rings. The van der Waals surface area contributed by atoms with Gasteiger partial charge in [0.15, 0.2) is 5.82 Å². The SMILES string of the molecule is Cc1nc([C@H]2CCCN2CC(=O)Nc2cccnc2)no1. The molecule has 110 valence electrons. The Labute approximate surface area is 122 Å². The van der Waals surface area contributed by atoms with Gasteiger partial charge in [-0.1, -0.05) is 5.16 Å². The van der Waals surface area contributed by atoms with Crippen LogP contribution in [-0.4, -0.2) is 39.0 Å². The highest BCUT2D eigenvalue weighted by Gasteiger charge is 2.30. The minimum absolute atomic E-state index is 0.0575. The smallest absolute Gasteiger partial charge is 0.238 e. The Bertz CT molecular complexity index is 613. The highest BCUT2D eigenvalue weighted by atomic mass is 16.5. The third kappa shape index (κ3) is 3.25. The van der Waals surface area contributed by atoms with Crippen LogP contribution in [0.1, 0.15) is 30.6 Å². The molecule has 3 heterocycles. The molecular weight excluding hydrogens is 270 g/mol. The molecule has 1 saturated heterocycles. The Morgan fingerprint density at radius 3 is 3.19 bits per heavy atom. The summed E-state index contributed by atoms with van der Waals surface area (Å²) in [4.78, 5) is 22.4. The second kappa shape index (κ2) is 6.01. The van der Waals surface area contributed by atoms with Crippen LogP contribution in [0.4, 0.5) is 5.69 Å². The molecule has 7 nitrogen and oxygen atoms in total. The minimum Gasteiger partial charge on any atom is -0.340 e. The Morgan fingerprint density at radius 2 is 2.48 bits per heavy atom. The minimum atomic E-state index is -0.0601. The molecule has 1 N–H and O–H groups in total. The monoisotopic (exact) mass is 287 g/mol. The molecule has 0 unspecified atom stereocenters. The van der Waals surface area contributed by atoms with Gasteiger partial charge < -0.3 is 9.84 Å². The summed E-state index contributed by atoms with van der Waals surface area (Å²) >= 11 is 0. The van der Waals surface area contributed by atoms with Gasteiger partial charge in [-0.15, -0.1) is 0 Å². The lowest BCUT2D eigenvalue weighted by molar-refractivity contribution is -0.117. The van der Waals surface area contributed by atoms with E-state index in [9.17, 15) is 4.79 Å². The van der Waals surface area contributed by atoms with Gasteiger partial charge in [-0.3, -0.25) is 14.7 Å². The summed E-state index contributed by atoms with van der Waals surface area (Å²) in [7, 11) is 0. The number of anilines is 1. The van der Waals surface area contributed by atoms with Crippen molar-refractivity contribution in [1.29, 1.82) is 0 Å². The standard InChI is InChI=1S/C14H17N5O2/c1-10-16-14(18-21-10)12-5-3-7-19(12)9-13(20)17-11-4-2-6-15-8-11/h2,4,6,8,12H,3,5,7,9H2,1H3,(H,17,20)/t12-/m1/s1. The number of pyridine rings is 1. The Kier molecular flexibility index (Phi) is 3.92. The predicted octanol–water partition coefficient (Wildman–Crippen LogP) is 1.55. The van der Waals surface area contributed by atoms with E-state index in [0.717, 1.165) is 19.4 Å². The zero-order chi connectivity index (χ0) is 14.7. The van der Waals surface area contributed by atoms with Crippen molar-refractivity contribution in [2.45, 2.75) is 25.8 Å². The van der Waals surface area contributed by atoms with Gasteiger partial charge in [0.25, 0.3) is 0 Å². The molecule has 0 aromatic carbocycles. The molecule has 0 spiro atoms. The molecule has 3 rings (SSSR count). The van der Waals surface area contributed by atoms with Crippen LogP contribution in [0.5, 0.6) is 0 Å². The zero-order valence-electron chi connectivity index (χ0n) is 11.8. The van der Waals surface area contributed by atoms with Crippen molar-refractivity contribution in [3.05, 3.63) is 36.2 Å². The van der Waals surface area contributed by atoms with E-state index in [1.54, 1.807) is 25.4 Å². The number of aryl methyl sites for hydroxylation is 1. The maximum atomic E-state index is 12.1. The third-order valence-electron chi connectivity index (χ3n) is 3.50. The first-order chi connectivity index (χ1) is 10.2. The number of amides is 1. The quantitative estimate of drug-likeness (QED) is 0.918. The van der Waals surface area contributed by atoms with Crippen LogP contribution in [-0.2, 0) is 4.79 Å². The summed E-state index contributed by atoms with van der Waals surface area (Å²) in [5, 5.41) is 6.81. The van der Waals surface area contributed by atoms with Crippen molar-refractivity contribution >= 4 is 11.6 Å². The van der Waals surface area contributed by atoms with Crippen LogP contribution in [0, 0.1) is 6.92 Å². The Hall–Kier alpha value is -2.28. The number of carbonyl (C=O) groups is 1. The van der Waals surface area contributed by atoms with Crippen LogP contribution >= 0.6 is 0 Å². The summed E-state index contributed by atoms with van der Waals surface area (Å²) in [6.07, 6.45) is 5.27. The largest absolute Gasteiger partial charge is 0.340 e. The summed E-state index contributed by atoms with van der Waals surface area (Å²) in [5.41, 5.74) is 0.702. The van der Waals surface area contributed by atoms with Crippen molar-refractivity contribution in [2.75, 3.05) is 18.4 Å². The highest BCUT2D eigenvalue weighted by Crippen LogP contribution is 2.29. The van der Waals surface area contributed by atoms with Gasteiger partial charge in [-0.05, 0) is 31.5 Å². The highest BCUT2D eigenvalue weighted by molar-refractivity contribution is 5.92. The molecule has 7 heteroatoms. The summed E-state index contributed by atoms with van der Waals surface area (Å²) < 4.78 is 5.03. The average molecular weight is 287 g/mol. The predicted molar refractivity (Wildman–Crippen MR) is 75.4 cm³/mol. The van der Waals surface area contributed by atoms with Gasteiger partial charge in [0.1, 0.15) is 0 Å². The van der Waals surface area contributed by atoms with Crippen LogP contribution in [0.2, 0.25) is 0 Å². The van der Waals surface area contributed by atoms with Crippen molar-refractivity contribution in [3.63, 3.8) is 0 Å². The van der Waals surface area contributed by atoms with E-state index in [0.29, 0.717) is 23.9 Å². The summed E-state index contributed by atoms with van der Waals surface area (Å²) in [6.45, 7) is 2.94. The van der Waals surface area contributed by atoms with E-state index in [1.807, 2.05) is 6.07 Å². The number of nitrogens with zero attached hydrogens (tertiary/aromatic N) is 4. The fourth-order valence-electron chi connectivity index (χ4n) is 2.58. The number of hydrogen-bond acceptors (Lipinski definition) is 6. The lowest BCUT2D eigenvalue weighted by Crippen LogP contribution is -2.33. The van der Waals surface area contributed by atoms with Crippen molar-refractivity contribution in [2.24, 2.45) is 0 Å². The third-order valence-corrected chi connectivity index (χ3v) is 3.50. The van der Waals surface area contributed by atoms with E-state index in [-0.39, 0.29) is 11.9 Å². The first kappa shape index (κ1) is 13.7. The molecule has 0 aliphatic carbocycles. The first-order valence-corrected chi connectivity index (χ1v) is 6.96. The second-order valence-corrected chi connectivity index (χ2v) is 5.09. The lowest BCUT2D eigenvalue weighted by Gasteiger charge is -2.20. The van der Waals surface area contributed by atoms with E-state index >= 15 is 0 Å². The zero-order valence-corrected chi connectivity index (χ0v) is 11.8. The van der Waals surface area contributed by atoms with Gasteiger partial charge in [0.05, 0.1) is 24.5 Å². The van der Waals surface area contributed by atoms with Gasteiger partial charge in [-0.2, -0.15) is 4.98 Å². The molecule has 0 radical (unpaired) electrons. The maximum absolute atomic E-state index is 12.1. The number of hydrogen-bond donors (Lipinski definition) is 1. The fourth-order valence-corrected chi connectivity index (χ4v) is 2.58. The number of aromatic nitrogens is 3. The molecule has 0 bridgehead atoms. The van der Waals surface area contributed by atoms with E-state index < -0.39 is 0 Å². The lowest BCUT2D eigenvalue weighted by atomic mass is 10.2. The number of rotatable bonds is 4. The van der Waals surface area contributed by atoms with Gasteiger partial charge >= 0.3 is 0 Å². The molecule has 21 heavy (non-hydrogen) atoms. The number of nitrogens with one attached hydrogen (secondary N) is 1. The molecule has 0 saturated carbocycles. The maximum Gasteiger partial charge on any atom is 0.238 e. The van der Waals surface area contributed by atoms with Crippen molar-refractivity contribution in [1.82, 2.24) is 20.0 Å². The fraction of sp³-hybridized carbons (Fsp3) is 0.429. The number of carbonyl (C=O) groups excluding carboxylic acids is 1. The van der Waals surface area contributed by atoms with Crippen molar-refractivity contribution < 1.29 is 9.32 Å². The molecule has 1 aliphatic rings. The summed E-state index contributed by atoms with van der Waals surface area (Å²) in [5.74, 6) is 1.16. The Balaban J connectivity index is 1.62. The Morgan fingerprint density at radius 1 is 1.57 bits per heavy atom. The van der Waals surface area contributed by atoms with E-state index in [2.05, 4.69) is 25.3 Å². The molecule has 1 amide bonds. The van der Waals surface area contributed by atoms with Crippen molar-refractivity contribution in [3.8, 4) is 0 Å². The van der Waals surface area contributed by atoms with E-state index in [4.69, 9.17) is 4.52 Å². The van der Waals surface area contributed by atoms with Crippen LogP contribution in [0.25, 0.3) is 0 Å². The van der Waals surface area contributed by atoms with Gasteiger partial charge in [-0.25, -0.2) is 0 Å². The first-order valence-electron chi connectivity index (χ1n) is 6.96. The normalized spacial score (nSPS) is 18.8. The second-order valence-electron chi connectivity index (χ2n) is 5.09. The van der Waals surface area contributed by atoms with Gasteiger partial charge in [0, 0.05) is 13.1 Å². The van der Waals surface area contributed by atoms with Crippen LogP contribution in [0.15, 0.2) is 29.0 Å². The molecule has 1 atom stereocenters. The molecule has 2 aromatic heterocycles. The average Bonchev–Trinajstić information content (AvgIpc) is 3.08. The van der Waals surface area contributed by atoms with E-state index in [1.165, 1.54) is 0 Å². The molecule has 1 aliphatic heterocycles. The van der Waals surface area contributed by atoms with Gasteiger partial charge in [0.2, 0.25) is 11.8 Å². The molecular formula is C14H17N5O2. The van der Waals surface area contributed by atoms with Crippen LogP contribution < -0.4 is 5.32 Å². The number of likely N-dealkylation sites (tertiary alicyclic amines) is 1. The molecule has 2 aromatic rings. The topological polar surface area (TPSA) is 84.2 Å². The van der Waals surface area contributed by atoms with Crippen LogP contribution in [0.3, 0.4) is 0 Å².